The Balaban J connectivity index is -0.0000000450. The van der Waals surface area contributed by atoms with E-state index in [0.29, 0.717) is 0 Å². The lowest BCUT2D eigenvalue weighted by molar-refractivity contribution is 0.343. The van der Waals surface area contributed by atoms with Gasteiger partial charge in [-0.3, -0.25) is 0 Å². The van der Waals surface area contributed by atoms with Crippen LogP contribution < -0.4 is 0 Å². The molecule has 32 valence electrons. The van der Waals surface area contributed by atoms with Gasteiger partial charge in [-0.15, -0.1) is 6.58 Å². The standard InChI is InChI=1S/C3H6O.S/c1-2-3-4;/h2,4H,1,3H2;/q;-2/p+1. The van der Waals surface area contributed by atoms with Gasteiger partial charge < -0.3 is 18.6 Å². The minimum absolute atomic E-state index is 0. The second-order valence-corrected chi connectivity index (χ2v) is 0.471. The van der Waals surface area contributed by atoms with Gasteiger partial charge in [0.25, 0.3) is 0 Å². The van der Waals surface area contributed by atoms with Gasteiger partial charge in [0.15, 0.2) is 0 Å². The van der Waals surface area contributed by atoms with E-state index in [1.54, 1.807) is 0 Å². The molecule has 0 heterocycles. The predicted molar refractivity (Wildman–Crippen MR) is 25.8 cm³/mol. The second-order valence-electron chi connectivity index (χ2n) is 0.471. The Morgan fingerprint density at radius 3 is 2.20 bits per heavy atom. The summed E-state index contributed by atoms with van der Waals surface area (Å²) in [5, 5.41) is 7.76. The van der Waals surface area contributed by atoms with Gasteiger partial charge in [0, 0.05) is 0 Å². The molecule has 0 rings (SSSR count). The molecule has 0 aromatic heterocycles. The lowest BCUT2D eigenvalue weighted by Crippen LogP contribution is -1.62. The maximum atomic E-state index is 7.76. The Hall–Kier alpha value is 0.0500. The van der Waals surface area contributed by atoms with E-state index in [1.807, 2.05) is 0 Å². The number of aliphatic hydroxyl groups excluding tert-OH is 1. The Bertz CT molecular complexity index is 24.8. The lowest BCUT2D eigenvalue weighted by Gasteiger charge is -2.00. The summed E-state index contributed by atoms with van der Waals surface area (Å²) < 4.78 is 0. The van der Waals surface area contributed by atoms with Gasteiger partial charge in [0.1, 0.15) is 0 Å². The summed E-state index contributed by atoms with van der Waals surface area (Å²) in [6, 6.07) is 0. The Morgan fingerprint density at radius 1 is 2.00 bits per heavy atom. The quantitative estimate of drug-likeness (QED) is 0.459. The summed E-state index contributed by atoms with van der Waals surface area (Å²) in [6.07, 6.45) is 1.43. The molecule has 0 atom stereocenters. The molecular weight excluding hydrogens is 84.1 g/mol. The van der Waals surface area contributed by atoms with Crippen LogP contribution >= 0.6 is 0 Å². The van der Waals surface area contributed by atoms with Gasteiger partial charge in [0.2, 0.25) is 0 Å². The van der Waals surface area contributed by atoms with Crippen molar-refractivity contribution in [1.29, 1.82) is 0 Å². The van der Waals surface area contributed by atoms with E-state index in [9.17, 15) is 0 Å². The molecule has 0 amide bonds. The maximum Gasteiger partial charge on any atom is 1.00 e. The molecule has 0 aliphatic heterocycles. The van der Waals surface area contributed by atoms with Gasteiger partial charge in [-0.2, -0.15) is 0 Å². The minimum atomic E-state index is 0. The molecule has 0 fully saturated rings. The van der Waals surface area contributed by atoms with Crippen LogP contribution in [0.5, 0.6) is 0 Å². The first-order valence-electron chi connectivity index (χ1n) is 1.13. The molecule has 0 unspecified atom stereocenters. The largest absolute Gasteiger partial charge is 2.00 e. The van der Waals surface area contributed by atoms with Crippen molar-refractivity contribution in [1.82, 2.24) is 0 Å². The normalized spacial score (nSPS) is 5.00. The SMILES string of the molecule is C=CCO.[H+].[S-2]. The summed E-state index contributed by atoms with van der Waals surface area (Å²) in [5.74, 6) is 0. The van der Waals surface area contributed by atoms with Crippen molar-refractivity contribution in [3.05, 3.63) is 12.7 Å². The summed E-state index contributed by atoms with van der Waals surface area (Å²) in [4.78, 5) is 0. The van der Waals surface area contributed by atoms with Crippen LogP contribution in [0.1, 0.15) is 1.43 Å². The lowest BCUT2D eigenvalue weighted by atomic mass is 10.7. The van der Waals surface area contributed by atoms with Crippen molar-refractivity contribution >= 4 is 13.5 Å². The van der Waals surface area contributed by atoms with E-state index >= 15 is 0 Å². The van der Waals surface area contributed by atoms with Crippen LogP contribution in [-0.2, 0) is 13.5 Å². The van der Waals surface area contributed by atoms with Crippen molar-refractivity contribution in [3.8, 4) is 0 Å². The van der Waals surface area contributed by atoms with Crippen molar-refractivity contribution in [3.63, 3.8) is 0 Å². The molecule has 0 radical (unpaired) electrons. The molecular formula is C3H7OS-. The summed E-state index contributed by atoms with van der Waals surface area (Å²) in [6.45, 7) is 3.31. The van der Waals surface area contributed by atoms with E-state index in [1.165, 1.54) is 6.08 Å². The third-order valence-corrected chi connectivity index (χ3v) is 0.129. The van der Waals surface area contributed by atoms with E-state index in [0.717, 1.165) is 0 Å². The highest BCUT2D eigenvalue weighted by Crippen LogP contribution is 1.46. The van der Waals surface area contributed by atoms with Crippen LogP contribution in [0.15, 0.2) is 12.7 Å². The molecule has 0 saturated carbocycles. The van der Waals surface area contributed by atoms with Crippen LogP contribution in [-0.4, -0.2) is 11.7 Å². The van der Waals surface area contributed by atoms with Crippen molar-refractivity contribution in [2.45, 2.75) is 0 Å². The van der Waals surface area contributed by atoms with Gasteiger partial charge in [0.05, 0.1) is 6.61 Å². The van der Waals surface area contributed by atoms with E-state index in [2.05, 4.69) is 6.58 Å². The highest BCUT2D eigenvalue weighted by atomic mass is 32.1. The molecule has 1 N–H and O–H groups in total. The molecule has 0 bridgehead atoms. The highest BCUT2D eigenvalue weighted by Gasteiger charge is 1.45. The fourth-order valence-electron chi connectivity index (χ4n) is 0. The van der Waals surface area contributed by atoms with Crippen LogP contribution in [0.4, 0.5) is 0 Å². The Kier molecular flexibility index (Phi) is 16.0. The zero-order chi connectivity index (χ0) is 3.41. The Morgan fingerprint density at radius 2 is 2.20 bits per heavy atom. The van der Waals surface area contributed by atoms with Crippen LogP contribution in [0.2, 0.25) is 0 Å². The molecule has 0 saturated heterocycles. The Labute approximate surface area is 40.3 Å². The molecule has 2 heteroatoms. The van der Waals surface area contributed by atoms with E-state index in [-0.39, 0.29) is 21.5 Å². The minimum Gasteiger partial charge on any atom is -2.00 e. The first-order chi connectivity index (χ1) is 1.91. The third-order valence-electron chi connectivity index (χ3n) is 0.129. The molecule has 1 nitrogen and oxygen atoms in total. The average molecular weight is 91.2 g/mol. The number of hydrogen-bond acceptors (Lipinski definition) is 1. The van der Waals surface area contributed by atoms with E-state index in [4.69, 9.17) is 5.11 Å². The third kappa shape index (κ3) is 15.4. The highest BCUT2D eigenvalue weighted by molar-refractivity contribution is 7.37. The van der Waals surface area contributed by atoms with Gasteiger partial charge in [-0.1, -0.05) is 6.08 Å². The summed E-state index contributed by atoms with van der Waals surface area (Å²) >= 11 is 0. The van der Waals surface area contributed by atoms with Crippen LogP contribution in [0.25, 0.3) is 0 Å². The van der Waals surface area contributed by atoms with Crippen molar-refractivity contribution < 1.29 is 6.53 Å². The van der Waals surface area contributed by atoms with Crippen molar-refractivity contribution in [2.24, 2.45) is 0 Å². The van der Waals surface area contributed by atoms with E-state index < -0.39 is 0 Å². The monoisotopic (exact) mass is 91.0 g/mol. The zero-order valence-corrected chi connectivity index (χ0v) is 3.66. The first-order valence-corrected chi connectivity index (χ1v) is 1.13. The second kappa shape index (κ2) is 8.96. The molecule has 0 aliphatic rings. The fraction of sp³-hybridized carbons (Fsp3) is 0.333. The smallest absolute Gasteiger partial charge is 1.00 e. The molecule has 0 spiro atoms. The zero-order valence-electron chi connectivity index (χ0n) is 3.85. The topological polar surface area (TPSA) is 20.2 Å². The first kappa shape index (κ1) is 8.90. The van der Waals surface area contributed by atoms with Gasteiger partial charge in [-0.05, 0) is 0 Å². The van der Waals surface area contributed by atoms with Crippen LogP contribution in [0.3, 0.4) is 0 Å². The fourth-order valence-corrected chi connectivity index (χ4v) is 0. The van der Waals surface area contributed by atoms with Gasteiger partial charge in [-0.25, -0.2) is 0 Å². The maximum absolute atomic E-state index is 7.76. The number of aliphatic hydroxyl groups is 1. The van der Waals surface area contributed by atoms with Crippen molar-refractivity contribution in [2.75, 3.05) is 6.61 Å². The van der Waals surface area contributed by atoms with Crippen LogP contribution in [0, 0.1) is 0 Å². The summed E-state index contributed by atoms with van der Waals surface area (Å²) in [5.41, 5.74) is 0. The molecule has 5 heavy (non-hydrogen) atoms. The summed E-state index contributed by atoms with van der Waals surface area (Å²) in [7, 11) is 0. The molecule has 0 aliphatic carbocycles. The average Bonchev–Trinajstić information content (AvgIpc) is 1.37. The number of rotatable bonds is 1. The predicted octanol–water partition coefficient (Wildman–Crippen LogP) is 0.275. The number of hydrogen-bond donors (Lipinski definition) is 1. The molecule has 0 aromatic rings. The molecule has 0 aromatic carbocycles. The van der Waals surface area contributed by atoms with Gasteiger partial charge >= 0.3 is 1.43 Å².